The van der Waals surface area contributed by atoms with E-state index in [9.17, 15) is 54.2 Å². The molecule has 1 aromatic rings. The number of likely N-dealkylation sites (tertiary alicyclic amines) is 2. The maximum Gasteiger partial charge on any atom is 0.434 e. The molecule has 40 heavy (non-hydrogen) atoms. The van der Waals surface area contributed by atoms with Gasteiger partial charge in [-0.1, -0.05) is 6.07 Å². The Morgan fingerprint density at radius 3 is 2.02 bits per heavy atom. The van der Waals surface area contributed by atoms with Gasteiger partial charge < -0.3 is 20.1 Å². The van der Waals surface area contributed by atoms with Crippen LogP contribution in [-0.2, 0) is 22.3 Å². The first kappa shape index (κ1) is 30.1. The van der Waals surface area contributed by atoms with Gasteiger partial charge in [-0.15, -0.1) is 0 Å². The Hall–Kier alpha value is -2.91. The van der Waals surface area contributed by atoms with Gasteiger partial charge in [0.05, 0.1) is 5.56 Å². The molecule has 2 heterocycles. The van der Waals surface area contributed by atoms with Gasteiger partial charge in [0.25, 0.3) is 6.10 Å². The molecule has 1 spiro atoms. The molecule has 0 radical (unpaired) electrons. The lowest BCUT2D eigenvalue weighted by Crippen LogP contribution is -2.54. The van der Waals surface area contributed by atoms with Crippen LogP contribution in [0.3, 0.4) is 0 Å². The van der Waals surface area contributed by atoms with Crippen LogP contribution in [0.1, 0.15) is 49.7 Å². The molecule has 2 N–H and O–H groups in total. The van der Waals surface area contributed by atoms with Crippen molar-refractivity contribution in [3.8, 4) is 0 Å². The van der Waals surface area contributed by atoms with E-state index in [1.807, 2.05) is 4.90 Å². The number of hydrogen-bond donors (Lipinski definition) is 2. The average Bonchev–Trinajstić information content (AvgIpc) is 3.53. The van der Waals surface area contributed by atoms with Crippen molar-refractivity contribution in [3.05, 3.63) is 29.3 Å². The summed E-state index contributed by atoms with van der Waals surface area (Å²) in [7, 11) is 0. The molecule has 0 aromatic heterocycles. The number of anilines is 1. The van der Waals surface area contributed by atoms with Crippen LogP contribution in [0.15, 0.2) is 18.2 Å². The lowest BCUT2D eigenvalue weighted by Gasteiger charge is -2.45. The van der Waals surface area contributed by atoms with Crippen molar-refractivity contribution in [1.82, 2.24) is 9.80 Å². The van der Waals surface area contributed by atoms with Crippen LogP contribution < -0.4 is 5.32 Å². The number of hydrogen-bond acceptors (Lipinski definition) is 5. The lowest BCUT2D eigenvalue weighted by molar-refractivity contribution is -0.308. The van der Waals surface area contributed by atoms with Crippen LogP contribution in [-0.4, -0.2) is 76.1 Å². The predicted molar refractivity (Wildman–Crippen MR) is 120 cm³/mol. The molecule has 4 rings (SSSR count). The van der Waals surface area contributed by atoms with E-state index in [4.69, 9.17) is 0 Å². The van der Waals surface area contributed by atoms with Crippen molar-refractivity contribution in [2.75, 3.05) is 25.0 Å². The fraction of sp³-hybridized carbons (Fsp3) is 0.667. The van der Waals surface area contributed by atoms with E-state index in [0.717, 1.165) is 17.0 Å². The maximum atomic E-state index is 13.4. The summed E-state index contributed by atoms with van der Waals surface area (Å²) < 4.78 is 121. The number of alkyl halides is 9. The van der Waals surface area contributed by atoms with Gasteiger partial charge in [-0.05, 0) is 62.8 Å². The monoisotopic (exact) mass is 591 g/mol. The summed E-state index contributed by atoms with van der Waals surface area (Å²) in [5, 5.41) is 12.3. The highest BCUT2D eigenvalue weighted by atomic mass is 19.4. The van der Waals surface area contributed by atoms with Gasteiger partial charge in [-0.25, -0.2) is 9.59 Å². The summed E-state index contributed by atoms with van der Waals surface area (Å²) in [4.78, 5) is 26.6. The largest absolute Gasteiger partial charge is 0.480 e. The second-order valence-electron chi connectivity index (χ2n) is 10.5. The van der Waals surface area contributed by atoms with Gasteiger partial charge in [0.1, 0.15) is 5.54 Å². The zero-order valence-electron chi connectivity index (χ0n) is 20.8. The number of rotatable bonds is 6. The number of benzene rings is 1. The Morgan fingerprint density at radius 1 is 0.925 bits per heavy atom. The molecule has 2 saturated heterocycles. The van der Waals surface area contributed by atoms with Crippen molar-refractivity contribution >= 4 is 17.7 Å². The van der Waals surface area contributed by atoms with E-state index in [2.05, 4.69) is 10.1 Å². The molecular formula is C24H26F9N3O4. The SMILES string of the molecule is O=C(OC(C(F)(F)F)C(F)(F)F)N1CCC2(CCCN2Cc2ccc(C(F)(F)F)cc2NC2(C(=O)O)CC2)CC1. The maximum absolute atomic E-state index is 13.4. The molecule has 1 saturated carbocycles. The number of carbonyl (C=O) groups excluding carboxylic acids is 1. The Bertz CT molecular complexity index is 1110. The number of carbonyl (C=O) groups is 2. The fourth-order valence-corrected chi connectivity index (χ4v) is 5.40. The molecule has 1 aliphatic carbocycles. The minimum atomic E-state index is -5.83. The minimum absolute atomic E-state index is 0.0168. The lowest BCUT2D eigenvalue weighted by atomic mass is 9.84. The number of nitrogens with zero attached hydrogens (tertiary/aromatic N) is 2. The highest BCUT2D eigenvalue weighted by molar-refractivity contribution is 5.86. The molecule has 224 valence electrons. The van der Waals surface area contributed by atoms with Crippen molar-refractivity contribution < 1.29 is 58.9 Å². The third-order valence-electron chi connectivity index (χ3n) is 7.84. The zero-order valence-corrected chi connectivity index (χ0v) is 20.8. The first-order valence-electron chi connectivity index (χ1n) is 12.4. The molecule has 0 unspecified atom stereocenters. The third kappa shape index (κ3) is 6.20. The van der Waals surface area contributed by atoms with E-state index < -0.39 is 53.3 Å². The van der Waals surface area contributed by atoms with Gasteiger partial charge in [-0.2, -0.15) is 39.5 Å². The normalized spacial score (nSPS) is 21.1. The van der Waals surface area contributed by atoms with Crippen LogP contribution in [0.5, 0.6) is 0 Å². The topological polar surface area (TPSA) is 82.1 Å². The van der Waals surface area contributed by atoms with Crippen LogP contribution in [0.2, 0.25) is 0 Å². The second kappa shape index (κ2) is 10.2. The molecule has 1 amide bonds. The Balaban J connectivity index is 1.48. The van der Waals surface area contributed by atoms with Crippen LogP contribution >= 0.6 is 0 Å². The first-order chi connectivity index (χ1) is 18.4. The highest BCUT2D eigenvalue weighted by Gasteiger charge is 2.60. The fourth-order valence-electron chi connectivity index (χ4n) is 5.40. The number of nitrogens with one attached hydrogen (secondary N) is 1. The van der Waals surface area contributed by atoms with E-state index in [0.29, 0.717) is 24.9 Å². The Kier molecular flexibility index (Phi) is 7.65. The summed E-state index contributed by atoms with van der Waals surface area (Å²) >= 11 is 0. The Labute approximate surface area is 222 Å². The standard InChI is InChI=1S/C24H26F9N3O4/c25-22(26,27)15-3-2-14(16(12-15)34-21(5-6-21)18(37)38)13-36-9-1-4-20(36)7-10-35(11-8-20)19(39)40-17(23(28,29)30)24(31,32)33/h2-3,12,17,34H,1,4-11,13H2,(H,37,38). The third-order valence-corrected chi connectivity index (χ3v) is 7.84. The summed E-state index contributed by atoms with van der Waals surface area (Å²) in [5.74, 6) is -1.19. The van der Waals surface area contributed by atoms with E-state index in [1.165, 1.54) is 6.07 Å². The van der Waals surface area contributed by atoms with Crippen LogP contribution in [0.4, 0.5) is 50.0 Å². The van der Waals surface area contributed by atoms with Crippen molar-refractivity contribution in [1.29, 1.82) is 0 Å². The van der Waals surface area contributed by atoms with Crippen LogP contribution in [0, 0.1) is 0 Å². The zero-order chi connectivity index (χ0) is 29.7. The van der Waals surface area contributed by atoms with Gasteiger partial charge in [0.2, 0.25) is 0 Å². The smallest absolute Gasteiger partial charge is 0.434 e. The number of halogens is 9. The van der Waals surface area contributed by atoms with E-state index >= 15 is 0 Å². The number of carboxylic acids is 1. The molecule has 7 nitrogen and oxygen atoms in total. The molecule has 3 fully saturated rings. The van der Waals surface area contributed by atoms with Gasteiger partial charge in [-0.3, -0.25) is 4.90 Å². The first-order valence-corrected chi connectivity index (χ1v) is 12.4. The van der Waals surface area contributed by atoms with Crippen LogP contribution in [0.25, 0.3) is 0 Å². The summed E-state index contributed by atoms with van der Waals surface area (Å²) in [6.45, 7) is 0.250. The molecule has 1 aromatic carbocycles. The van der Waals surface area contributed by atoms with Gasteiger partial charge in [0.15, 0.2) is 0 Å². The molecule has 16 heteroatoms. The minimum Gasteiger partial charge on any atom is -0.480 e. The van der Waals surface area contributed by atoms with Crippen molar-refractivity contribution in [3.63, 3.8) is 0 Å². The Morgan fingerprint density at radius 2 is 1.52 bits per heavy atom. The van der Waals surface area contributed by atoms with E-state index in [-0.39, 0.29) is 51.0 Å². The highest BCUT2D eigenvalue weighted by Crippen LogP contribution is 2.44. The van der Waals surface area contributed by atoms with Crippen molar-refractivity contribution in [2.24, 2.45) is 0 Å². The molecule has 0 bridgehead atoms. The number of aliphatic carboxylic acids is 1. The van der Waals surface area contributed by atoms with Gasteiger partial charge >= 0.3 is 30.6 Å². The average molecular weight is 591 g/mol. The molecule has 0 atom stereocenters. The number of amides is 1. The molecule has 3 aliphatic rings. The summed E-state index contributed by atoms with van der Waals surface area (Å²) in [6.07, 6.45) is -20.2. The van der Waals surface area contributed by atoms with Gasteiger partial charge in [0, 0.05) is 30.9 Å². The molecular weight excluding hydrogens is 565 g/mol. The number of carboxylic acid groups (broad SMARTS) is 1. The summed E-state index contributed by atoms with van der Waals surface area (Å²) in [5.41, 5.74) is -2.50. The number of piperidine rings is 1. The number of ether oxygens (including phenoxy) is 1. The van der Waals surface area contributed by atoms with Crippen molar-refractivity contribution in [2.45, 2.75) is 80.8 Å². The quantitative estimate of drug-likeness (QED) is 0.408. The second-order valence-corrected chi connectivity index (χ2v) is 10.5. The summed E-state index contributed by atoms with van der Waals surface area (Å²) in [6, 6.07) is 3.01. The molecule has 2 aliphatic heterocycles. The van der Waals surface area contributed by atoms with E-state index in [1.54, 1.807) is 0 Å². The predicted octanol–water partition coefficient (Wildman–Crippen LogP) is 5.79.